The van der Waals surface area contributed by atoms with E-state index in [2.05, 4.69) is 23.4 Å². The van der Waals surface area contributed by atoms with E-state index in [0.717, 1.165) is 13.0 Å². The minimum atomic E-state index is 0.672. The van der Waals surface area contributed by atoms with Gasteiger partial charge in [0.1, 0.15) is 0 Å². The van der Waals surface area contributed by atoms with Gasteiger partial charge in [-0.3, -0.25) is 4.68 Å². The highest BCUT2D eigenvalue weighted by atomic mass is 15.2. The quantitative estimate of drug-likeness (QED) is 0.719. The summed E-state index contributed by atoms with van der Waals surface area (Å²) in [5.74, 6) is 0.672. The summed E-state index contributed by atoms with van der Waals surface area (Å²) in [6, 6.07) is 2.08. The van der Waals surface area contributed by atoms with Crippen molar-refractivity contribution in [3.63, 3.8) is 0 Å². The van der Waals surface area contributed by atoms with E-state index >= 15 is 0 Å². The summed E-state index contributed by atoms with van der Waals surface area (Å²) in [6.45, 7) is 3.30. The lowest BCUT2D eigenvalue weighted by molar-refractivity contribution is 0.520. The molecule has 68 valence electrons. The number of rotatable bonds is 4. The highest BCUT2D eigenvalue weighted by Gasteiger charge is 2.04. The molecule has 0 saturated carbocycles. The Bertz CT molecular complexity index is 229. The van der Waals surface area contributed by atoms with E-state index in [-0.39, 0.29) is 0 Å². The molecular weight excluding hydrogens is 150 g/mol. The molecule has 3 nitrogen and oxygen atoms in total. The number of aromatic nitrogens is 2. The van der Waals surface area contributed by atoms with Gasteiger partial charge >= 0.3 is 0 Å². The van der Waals surface area contributed by atoms with Crippen LogP contribution in [0.5, 0.6) is 0 Å². The van der Waals surface area contributed by atoms with Crippen molar-refractivity contribution in [2.24, 2.45) is 13.0 Å². The molecule has 0 spiro atoms. The van der Waals surface area contributed by atoms with Gasteiger partial charge in [-0.05, 0) is 32.0 Å². The third-order valence-corrected chi connectivity index (χ3v) is 2.03. The van der Waals surface area contributed by atoms with Crippen LogP contribution in [0, 0.1) is 5.92 Å². The minimum Gasteiger partial charge on any atom is -0.319 e. The molecule has 0 saturated heterocycles. The molecule has 0 aliphatic heterocycles. The van der Waals surface area contributed by atoms with Crippen molar-refractivity contribution in [2.45, 2.75) is 13.3 Å². The maximum Gasteiger partial charge on any atom is 0.0492 e. The third kappa shape index (κ3) is 2.34. The Morgan fingerprint density at radius 2 is 2.42 bits per heavy atom. The average molecular weight is 167 g/mol. The predicted octanol–water partition coefficient (Wildman–Crippen LogP) is 0.818. The van der Waals surface area contributed by atoms with Gasteiger partial charge in [0, 0.05) is 18.9 Å². The monoisotopic (exact) mass is 167 g/mol. The average Bonchev–Trinajstić information content (AvgIpc) is 2.37. The molecule has 0 aliphatic carbocycles. The van der Waals surface area contributed by atoms with Crippen LogP contribution in [0.15, 0.2) is 12.3 Å². The Balaban J connectivity index is 2.46. The second kappa shape index (κ2) is 4.26. The Morgan fingerprint density at radius 1 is 1.67 bits per heavy atom. The fourth-order valence-corrected chi connectivity index (χ4v) is 1.38. The number of aryl methyl sites for hydroxylation is 1. The van der Waals surface area contributed by atoms with Crippen LogP contribution in [-0.2, 0) is 13.5 Å². The van der Waals surface area contributed by atoms with E-state index in [9.17, 15) is 0 Å². The van der Waals surface area contributed by atoms with Crippen molar-refractivity contribution in [1.29, 1.82) is 0 Å². The first-order valence-corrected chi connectivity index (χ1v) is 4.35. The summed E-state index contributed by atoms with van der Waals surface area (Å²) in [4.78, 5) is 0. The predicted molar refractivity (Wildman–Crippen MR) is 50.0 cm³/mol. The van der Waals surface area contributed by atoms with Crippen molar-refractivity contribution >= 4 is 0 Å². The van der Waals surface area contributed by atoms with Gasteiger partial charge in [-0.2, -0.15) is 5.10 Å². The maximum absolute atomic E-state index is 4.13. The van der Waals surface area contributed by atoms with Gasteiger partial charge in [0.15, 0.2) is 0 Å². The van der Waals surface area contributed by atoms with Crippen molar-refractivity contribution in [3.05, 3.63) is 18.0 Å². The van der Waals surface area contributed by atoms with E-state index in [1.807, 2.05) is 25.0 Å². The molecule has 1 unspecified atom stereocenters. The fourth-order valence-electron chi connectivity index (χ4n) is 1.38. The first kappa shape index (κ1) is 9.26. The van der Waals surface area contributed by atoms with E-state index < -0.39 is 0 Å². The van der Waals surface area contributed by atoms with Crippen LogP contribution >= 0.6 is 0 Å². The summed E-state index contributed by atoms with van der Waals surface area (Å²) >= 11 is 0. The van der Waals surface area contributed by atoms with Crippen LogP contribution in [0.3, 0.4) is 0 Å². The largest absolute Gasteiger partial charge is 0.319 e. The van der Waals surface area contributed by atoms with Gasteiger partial charge in [-0.15, -0.1) is 0 Å². The van der Waals surface area contributed by atoms with Gasteiger partial charge in [-0.1, -0.05) is 6.92 Å². The van der Waals surface area contributed by atoms with Crippen LogP contribution in [0.2, 0.25) is 0 Å². The lowest BCUT2D eigenvalue weighted by atomic mass is 10.1. The molecule has 0 amide bonds. The Morgan fingerprint density at radius 3 is 2.92 bits per heavy atom. The first-order chi connectivity index (χ1) is 5.74. The van der Waals surface area contributed by atoms with Gasteiger partial charge in [0.05, 0.1) is 0 Å². The second-order valence-corrected chi connectivity index (χ2v) is 3.31. The van der Waals surface area contributed by atoms with E-state index in [4.69, 9.17) is 0 Å². The molecule has 1 aromatic heterocycles. The molecule has 1 heterocycles. The summed E-state index contributed by atoms with van der Waals surface area (Å²) in [6.07, 6.45) is 2.94. The fraction of sp³-hybridized carbons (Fsp3) is 0.667. The summed E-state index contributed by atoms with van der Waals surface area (Å²) in [5.41, 5.74) is 1.30. The molecule has 0 radical (unpaired) electrons. The molecular formula is C9H17N3. The van der Waals surface area contributed by atoms with Crippen LogP contribution in [0.1, 0.15) is 12.6 Å². The molecule has 0 fully saturated rings. The molecule has 1 atom stereocenters. The number of nitrogens with zero attached hydrogens (tertiary/aromatic N) is 2. The van der Waals surface area contributed by atoms with Crippen LogP contribution in [0.25, 0.3) is 0 Å². The second-order valence-electron chi connectivity index (χ2n) is 3.31. The van der Waals surface area contributed by atoms with E-state index in [0.29, 0.717) is 5.92 Å². The molecule has 1 rings (SSSR count). The third-order valence-electron chi connectivity index (χ3n) is 2.03. The number of hydrogen-bond donors (Lipinski definition) is 1. The zero-order valence-corrected chi connectivity index (χ0v) is 8.04. The van der Waals surface area contributed by atoms with Crippen LogP contribution < -0.4 is 5.32 Å². The van der Waals surface area contributed by atoms with Gasteiger partial charge < -0.3 is 5.32 Å². The molecule has 1 aromatic rings. The Kier molecular flexibility index (Phi) is 3.29. The molecule has 0 aliphatic rings. The van der Waals surface area contributed by atoms with Crippen molar-refractivity contribution in [1.82, 2.24) is 15.1 Å². The molecule has 0 aromatic carbocycles. The van der Waals surface area contributed by atoms with Crippen LogP contribution in [0.4, 0.5) is 0 Å². The normalized spacial score (nSPS) is 13.2. The van der Waals surface area contributed by atoms with E-state index in [1.165, 1.54) is 5.69 Å². The number of hydrogen-bond acceptors (Lipinski definition) is 2. The first-order valence-electron chi connectivity index (χ1n) is 4.35. The Labute approximate surface area is 73.8 Å². The highest BCUT2D eigenvalue weighted by Crippen LogP contribution is 2.05. The topological polar surface area (TPSA) is 29.9 Å². The standard InChI is InChI=1S/C9H17N3/c1-8(7-10-2)6-9-4-5-11-12(9)3/h4-5,8,10H,6-7H2,1-3H3. The SMILES string of the molecule is CNCC(C)Cc1ccnn1C. The van der Waals surface area contributed by atoms with Crippen molar-refractivity contribution in [2.75, 3.05) is 13.6 Å². The zero-order chi connectivity index (χ0) is 8.97. The Hall–Kier alpha value is -0.830. The maximum atomic E-state index is 4.13. The minimum absolute atomic E-state index is 0.672. The van der Waals surface area contributed by atoms with Crippen molar-refractivity contribution < 1.29 is 0 Å². The lowest BCUT2D eigenvalue weighted by Gasteiger charge is -2.09. The highest BCUT2D eigenvalue weighted by molar-refractivity contribution is 5.00. The summed E-state index contributed by atoms with van der Waals surface area (Å²) in [5, 5.41) is 7.30. The zero-order valence-electron chi connectivity index (χ0n) is 8.04. The van der Waals surface area contributed by atoms with E-state index in [1.54, 1.807) is 0 Å². The number of nitrogens with one attached hydrogen (secondary N) is 1. The molecule has 3 heteroatoms. The molecule has 0 bridgehead atoms. The molecule has 1 N–H and O–H groups in total. The van der Waals surface area contributed by atoms with Gasteiger partial charge in [0.2, 0.25) is 0 Å². The molecule has 12 heavy (non-hydrogen) atoms. The van der Waals surface area contributed by atoms with Crippen molar-refractivity contribution in [3.8, 4) is 0 Å². The summed E-state index contributed by atoms with van der Waals surface area (Å²) < 4.78 is 1.94. The van der Waals surface area contributed by atoms with Gasteiger partial charge in [-0.25, -0.2) is 0 Å². The van der Waals surface area contributed by atoms with Crippen LogP contribution in [-0.4, -0.2) is 23.4 Å². The smallest absolute Gasteiger partial charge is 0.0492 e. The van der Waals surface area contributed by atoms with Gasteiger partial charge in [0.25, 0.3) is 0 Å². The summed E-state index contributed by atoms with van der Waals surface area (Å²) in [7, 11) is 3.97. The lowest BCUT2D eigenvalue weighted by Crippen LogP contribution is -2.19.